The zero-order valence-electron chi connectivity index (χ0n) is 8.70. The number of amides is 1. The molecule has 78 valence electrons. The van der Waals surface area contributed by atoms with Gasteiger partial charge in [-0.3, -0.25) is 4.79 Å². The van der Waals surface area contributed by atoms with Gasteiger partial charge in [0.25, 0.3) is 0 Å². The van der Waals surface area contributed by atoms with Crippen LogP contribution >= 0.6 is 0 Å². The van der Waals surface area contributed by atoms with Crippen LogP contribution < -0.4 is 10.5 Å². The van der Waals surface area contributed by atoms with Crippen LogP contribution in [0.25, 0.3) is 0 Å². The summed E-state index contributed by atoms with van der Waals surface area (Å²) in [7, 11) is 1.56. The van der Waals surface area contributed by atoms with E-state index in [-0.39, 0.29) is 6.42 Å². The summed E-state index contributed by atoms with van der Waals surface area (Å²) in [6, 6.07) is 3.52. The van der Waals surface area contributed by atoms with Crippen molar-refractivity contribution >= 4 is 5.91 Å². The Balaban J connectivity index is 2.85. The van der Waals surface area contributed by atoms with Crippen molar-refractivity contribution in [1.82, 2.24) is 4.98 Å². The minimum atomic E-state index is -0.429. The van der Waals surface area contributed by atoms with E-state index in [9.17, 15) is 4.79 Å². The van der Waals surface area contributed by atoms with Crippen LogP contribution in [0.15, 0.2) is 12.1 Å². The number of nitrogens with two attached hydrogens (primary N) is 1. The van der Waals surface area contributed by atoms with Crippen LogP contribution in [0.5, 0.6) is 5.88 Å². The van der Waals surface area contributed by atoms with Crippen LogP contribution in [0.1, 0.15) is 17.7 Å². The second kappa shape index (κ2) is 5.01. The summed E-state index contributed by atoms with van der Waals surface area (Å²) in [5.74, 6) is 5.62. The molecule has 0 aliphatic heterocycles. The number of aromatic nitrogens is 1. The van der Waals surface area contributed by atoms with Gasteiger partial charge in [0.2, 0.25) is 11.8 Å². The number of pyridine rings is 1. The molecular formula is C11H12N2O2. The van der Waals surface area contributed by atoms with Crippen molar-refractivity contribution in [2.75, 3.05) is 7.11 Å². The van der Waals surface area contributed by atoms with Gasteiger partial charge in [-0.15, -0.1) is 0 Å². The van der Waals surface area contributed by atoms with Gasteiger partial charge in [-0.05, 0) is 13.0 Å². The number of carbonyl (C=O) groups excluding carboxylic acids is 1. The molecule has 1 rings (SSSR count). The van der Waals surface area contributed by atoms with E-state index in [1.54, 1.807) is 19.2 Å². The van der Waals surface area contributed by atoms with Crippen LogP contribution in [0.2, 0.25) is 0 Å². The Morgan fingerprint density at radius 3 is 2.87 bits per heavy atom. The van der Waals surface area contributed by atoms with Crippen molar-refractivity contribution in [2.24, 2.45) is 5.73 Å². The zero-order valence-corrected chi connectivity index (χ0v) is 8.70. The van der Waals surface area contributed by atoms with Gasteiger partial charge < -0.3 is 10.5 Å². The van der Waals surface area contributed by atoms with Crippen molar-refractivity contribution in [1.29, 1.82) is 0 Å². The summed E-state index contributed by atoms with van der Waals surface area (Å²) in [4.78, 5) is 14.6. The summed E-state index contributed by atoms with van der Waals surface area (Å²) >= 11 is 0. The number of nitrogens with zero attached hydrogens (tertiary/aromatic N) is 1. The molecule has 0 spiro atoms. The van der Waals surface area contributed by atoms with E-state index in [0.29, 0.717) is 5.88 Å². The third kappa shape index (κ3) is 3.31. The molecule has 4 nitrogen and oxygen atoms in total. The number of rotatable bonds is 2. The zero-order chi connectivity index (χ0) is 11.3. The molecule has 1 amide bonds. The summed E-state index contributed by atoms with van der Waals surface area (Å²) in [5.41, 5.74) is 6.51. The fourth-order valence-electron chi connectivity index (χ4n) is 1.01. The van der Waals surface area contributed by atoms with Gasteiger partial charge >= 0.3 is 0 Å². The Labute approximate surface area is 88.5 Å². The number of ether oxygens (including phenoxy) is 1. The van der Waals surface area contributed by atoms with Crippen molar-refractivity contribution in [3.05, 3.63) is 23.4 Å². The molecule has 1 aromatic rings. The lowest BCUT2D eigenvalue weighted by atomic mass is 10.2. The number of methoxy groups -OCH3 is 1. The molecule has 0 atom stereocenters. The number of aryl methyl sites for hydroxylation is 1. The molecule has 0 bridgehead atoms. The molecule has 15 heavy (non-hydrogen) atoms. The molecule has 4 heteroatoms. The van der Waals surface area contributed by atoms with Crippen LogP contribution in [-0.4, -0.2) is 18.0 Å². The van der Waals surface area contributed by atoms with Crippen LogP contribution in [-0.2, 0) is 4.79 Å². The number of carbonyl (C=O) groups is 1. The molecule has 0 aromatic carbocycles. The van der Waals surface area contributed by atoms with Crippen LogP contribution in [0, 0.1) is 18.8 Å². The molecule has 0 aliphatic carbocycles. The Kier molecular flexibility index (Phi) is 3.69. The summed E-state index contributed by atoms with van der Waals surface area (Å²) in [6.07, 6.45) is 0.0610. The van der Waals surface area contributed by atoms with Crippen molar-refractivity contribution in [3.63, 3.8) is 0 Å². The predicted octanol–water partition coefficient (Wildman–Crippen LogP) is 0.626. The standard InChI is InChI=1S/C11H12N2O2/c1-8-9(4-3-5-10(12)14)6-7-11(13-8)15-2/h6-7H,5H2,1-2H3,(H2,12,14). The lowest BCUT2D eigenvalue weighted by Gasteiger charge is -2.00. The highest BCUT2D eigenvalue weighted by molar-refractivity contribution is 5.76. The topological polar surface area (TPSA) is 65.2 Å². The second-order valence-corrected chi connectivity index (χ2v) is 2.93. The van der Waals surface area contributed by atoms with E-state index in [4.69, 9.17) is 10.5 Å². The number of hydrogen-bond donors (Lipinski definition) is 1. The summed E-state index contributed by atoms with van der Waals surface area (Å²) in [5, 5.41) is 0. The lowest BCUT2D eigenvalue weighted by Crippen LogP contribution is -2.08. The van der Waals surface area contributed by atoms with E-state index in [1.165, 1.54) is 0 Å². The first kappa shape index (κ1) is 11.1. The molecule has 0 radical (unpaired) electrons. The third-order valence-electron chi connectivity index (χ3n) is 1.76. The van der Waals surface area contributed by atoms with Gasteiger partial charge in [-0.1, -0.05) is 11.8 Å². The maximum absolute atomic E-state index is 10.5. The Bertz CT molecular complexity index is 430. The monoisotopic (exact) mass is 204 g/mol. The number of hydrogen-bond acceptors (Lipinski definition) is 3. The highest BCUT2D eigenvalue weighted by Crippen LogP contribution is 2.10. The maximum atomic E-state index is 10.5. The van der Waals surface area contributed by atoms with E-state index in [1.807, 2.05) is 6.92 Å². The first-order chi connectivity index (χ1) is 7.13. The van der Waals surface area contributed by atoms with E-state index < -0.39 is 5.91 Å². The molecule has 0 unspecified atom stereocenters. The third-order valence-corrected chi connectivity index (χ3v) is 1.76. The first-order valence-corrected chi connectivity index (χ1v) is 4.42. The predicted molar refractivity (Wildman–Crippen MR) is 56.2 cm³/mol. The molecule has 0 saturated heterocycles. The summed E-state index contributed by atoms with van der Waals surface area (Å²) < 4.78 is 4.96. The average molecular weight is 204 g/mol. The number of primary amides is 1. The molecule has 0 aliphatic rings. The Morgan fingerprint density at radius 2 is 2.33 bits per heavy atom. The van der Waals surface area contributed by atoms with Crippen LogP contribution in [0.4, 0.5) is 0 Å². The van der Waals surface area contributed by atoms with Crippen molar-refractivity contribution in [2.45, 2.75) is 13.3 Å². The minimum absolute atomic E-state index is 0.0610. The van der Waals surface area contributed by atoms with Crippen molar-refractivity contribution in [3.8, 4) is 17.7 Å². The highest BCUT2D eigenvalue weighted by atomic mass is 16.5. The largest absolute Gasteiger partial charge is 0.481 e. The fraction of sp³-hybridized carbons (Fsp3) is 0.273. The Hall–Kier alpha value is -2.02. The van der Waals surface area contributed by atoms with Gasteiger partial charge in [-0.25, -0.2) is 4.98 Å². The van der Waals surface area contributed by atoms with E-state index in [0.717, 1.165) is 11.3 Å². The SMILES string of the molecule is COc1ccc(C#CCC(N)=O)c(C)n1. The molecule has 1 heterocycles. The first-order valence-electron chi connectivity index (χ1n) is 4.42. The molecule has 2 N–H and O–H groups in total. The normalized spacial score (nSPS) is 8.93. The molecule has 0 saturated carbocycles. The quantitative estimate of drug-likeness (QED) is 0.718. The fourth-order valence-corrected chi connectivity index (χ4v) is 1.01. The van der Waals surface area contributed by atoms with Crippen LogP contribution in [0.3, 0.4) is 0 Å². The van der Waals surface area contributed by atoms with Gasteiger partial charge in [0.1, 0.15) is 0 Å². The summed E-state index contributed by atoms with van der Waals surface area (Å²) in [6.45, 7) is 1.83. The molecular weight excluding hydrogens is 192 g/mol. The maximum Gasteiger partial charge on any atom is 0.229 e. The molecule has 0 fully saturated rings. The lowest BCUT2D eigenvalue weighted by molar-refractivity contribution is -0.117. The van der Waals surface area contributed by atoms with E-state index in [2.05, 4.69) is 16.8 Å². The smallest absolute Gasteiger partial charge is 0.229 e. The highest BCUT2D eigenvalue weighted by Gasteiger charge is 1.98. The van der Waals surface area contributed by atoms with Crippen molar-refractivity contribution < 1.29 is 9.53 Å². The van der Waals surface area contributed by atoms with Gasteiger partial charge in [0.15, 0.2) is 0 Å². The minimum Gasteiger partial charge on any atom is -0.481 e. The molecule has 1 aromatic heterocycles. The van der Waals surface area contributed by atoms with E-state index >= 15 is 0 Å². The average Bonchev–Trinajstić information content (AvgIpc) is 2.20. The van der Waals surface area contributed by atoms with Gasteiger partial charge in [0.05, 0.1) is 19.2 Å². The van der Waals surface area contributed by atoms with Gasteiger partial charge in [0, 0.05) is 11.6 Å². The Morgan fingerprint density at radius 1 is 1.60 bits per heavy atom. The second-order valence-electron chi connectivity index (χ2n) is 2.93. The van der Waals surface area contributed by atoms with Gasteiger partial charge in [-0.2, -0.15) is 0 Å².